The molecule has 1 amide bonds. The molecule has 0 unspecified atom stereocenters. The molecule has 0 radical (unpaired) electrons. The quantitative estimate of drug-likeness (QED) is 0.483. The predicted octanol–water partition coefficient (Wildman–Crippen LogP) is 1.29. The second-order valence-electron chi connectivity index (χ2n) is 3.61. The first-order chi connectivity index (χ1) is 8.54. The lowest BCUT2D eigenvalue weighted by Gasteiger charge is -2.05. The number of hydrogen-bond donors (Lipinski definition) is 2. The van der Waals surface area contributed by atoms with Crippen LogP contribution in [0.5, 0.6) is 5.75 Å². The molecular weight excluding hydrogens is 235 g/mol. The van der Waals surface area contributed by atoms with Gasteiger partial charge in [-0.05, 0) is 0 Å². The van der Waals surface area contributed by atoms with Crippen molar-refractivity contribution in [3.8, 4) is 17.6 Å². The summed E-state index contributed by atoms with van der Waals surface area (Å²) >= 11 is 0. The molecule has 0 saturated carbocycles. The number of methoxy groups -OCH3 is 1. The van der Waals surface area contributed by atoms with Gasteiger partial charge in [0, 0.05) is 32.0 Å². The van der Waals surface area contributed by atoms with E-state index in [1.807, 2.05) is 0 Å². The van der Waals surface area contributed by atoms with Crippen LogP contribution in [-0.2, 0) is 4.79 Å². The third kappa shape index (κ3) is 3.98. The molecule has 1 aromatic rings. The summed E-state index contributed by atoms with van der Waals surface area (Å²) in [4.78, 5) is 10.6. The molecule has 0 bridgehead atoms. The number of hydrogen-bond acceptors (Lipinski definition) is 3. The highest BCUT2D eigenvalue weighted by Crippen LogP contribution is 2.24. The second kappa shape index (κ2) is 6.50. The van der Waals surface area contributed by atoms with Crippen molar-refractivity contribution in [3.05, 3.63) is 23.5 Å². The number of nitrogens with one attached hydrogen (secondary N) is 1. The van der Waals surface area contributed by atoms with Gasteiger partial charge < -0.3 is 15.8 Å². The molecule has 1 rings (SSSR count). The Balaban J connectivity index is 2.72. The third-order valence-corrected chi connectivity index (χ3v) is 2.17. The molecule has 1 aromatic carbocycles. The van der Waals surface area contributed by atoms with Crippen LogP contribution in [0.25, 0.3) is 0 Å². The Hall–Kier alpha value is -2.22. The van der Waals surface area contributed by atoms with Crippen LogP contribution in [0, 0.1) is 17.7 Å². The molecule has 0 aromatic heterocycles. The van der Waals surface area contributed by atoms with Gasteiger partial charge in [-0.1, -0.05) is 11.8 Å². The SMILES string of the molecule is COc1cc(C#CCCNC(C)=O)c(F)cc1N. The van der Waals surface area contributed by atoms with E-state index >= 15 is 0 Å². The number of nitrogens with two attached hydrogens (primary N) is 1. The largest absolute Gasteiger partial charge is 0.495 e. The van der Waals surface area contributed by atoms with Gasteiger partial charge in [-0.15, -0.1) is 0 Å². The molecule has 0 fully saturated rings. The van der Waals surface area contributed by atoms with Crippen LogP contribution in [0.3, 0.4) is 0 Å². The van der Waals surface area contributed by atoms with Gasteiger partial charge >= 0.3 is 0 Å². The van der Waals surface area contributed by atoms with Crippen LogP contribution in [0.2, 0.25) is 0 Å². The summed E-state index contributed by atoms with van der Waals surface area (Å²) in [5.74, 6) is 5.24. The summed E-state index contributed by atoms with van der Waals surface area (Å²) in [5.41, 5.74) is 6.01. The number of rotatable bonds is 3. The fourth-order valence-corrected chi connectivity index (χ4v) is 1.30. The molecule has 0 atom stereocenters. The minimum atomic E-state index is -0.486. The highest BCUT2D eigenvalue weighted by Gasteiger charge is 2.05. The normalized spacial score (nSPS) is 9.28. The van der Waals surface area contributed by atoms with E-state index in [-0.39, 0.29) is 17.2 Å². The topological polar surface area (TPSA) is 64.3 Å². The minimum absolute atomic E-state index is 0.114. The number of carbonyl (C=O) groups is 1. The molecule has 4 nitrogen and oxygen atoms in total. The number of halogens is 1. The fraction of sp³-hybridized carbons (Fsp3) is 0.308. The van der Waals surface area contributed by atoms with Gasteiger partial charge in [0.15, 0.2) is 0 Å². The van der Waals surface area contributed by atoms with E-state index in [0.29, 0.717) is 18.7 Å². The first-order valence-electron chi connectivity index (χ1n) is 5.41. The van der Waals surface area contributed by atoms with E-state index in [4.69, 9.17) is 10.5 Å². The average molecular weight is 250 g/mol. The molecule has 0 saturated heterocycles. The zero-order valence-corrected chi connectivity index (χ0v) is 10.3. The van der Waals surface area contributed by atoms with E-state index in [1.54, 1.807) is 0 Å². The Bertz CT molecular complexity index is 504. The lowest BCUT2D eigenvalue weighted by molar-refractivity contribution is -0.118. The van der Waals surface area contributed by atoms with E-state index in [0.717, 1.165) is 0 Å². The maximum absolute atomic E-state index is 13.5. The van der Waals surface area contributed by atoms with Gasteiger partial charge in [-0.3, -0.25) is 4.79 Å². The summed E-state index contributed by atoms with van der Waals surface area (Å²) in [5, 5.41) is 2.60. The van der Waals surface area contributed by atoms with Crippen LogP contribution in [-0.4, -0.2) is 19.6 Å². The molecule has 18 heavy (non-hydrogen) atoms. The zero-order valence-electron chi connectivity index (χ0n) is 10.3. The molecule has 96 valence electrons. The highest BCUT2D eigenvalue weighted by molar-refractivity contribution is 5.72. The van der Waals surface area contributed by atoms with E-state index < -0.39 is 5.82 Å². The number of amides is 1. The predicted molar refractivity (Wildman–Crippen MR) is 67.5 cm³/mol. The Kier molecular flexibility index (Phi) is 5.00. The molecule has 0 aliphatic rings. The van der Waals surface area contributed by atoms with Gasteiger partial charge in [0.1, 0.15) is 11.6 Å². The van der Waals surface area contributed by atoms with E-state index in [1.165, 1.54) is 26.2 Å². The van der Waals surface area contributed by atoms with Crippen molar-refractivity contribution in [1.82, 2.24) is 5.32 Å². The number of ether oxygens (including phenoxy) is 1. The molecule has 0 spiro atoms. The van der Waals surface area contributed by atoms with Crippen LogP contribution >= 0.6 is 0 Å². The highest BCUT2D eigenvalue weighted by atomic mass is 19.1. The summed E-state index contributed by atoms with van der Waals surface area (Å²) in [7, 11) is 1.46. The van der Waals surface area contributed by atoms with Crippen LogP contribution < -0.4 is 15.8 Å². The summed E-state index contributed by atoms with van der Waals surface area (Å²) < 4.78 is 18.5. The van der Waals surface area contributed by atoms with Crippen molar-refractivity contribution in [2.45, 2.75) is 13.3 Å². The Morgan fingerprint density at radius 1 is 1.56 bits per heavy atom. The molecule has 0 aliphatic heterocycles. The molecular formula is C13H15FN2O2. The van der Waals surface area contributed by atoms with Crippen LogP contribution in [0.15, 0.2) is 12.1 Å². The zero-order chi connectivity index (χ0) is 13.5. The van der Waals surface area contributed by atoms with Gasteiger partial charge in [0.25, 0.3) is 0 Å². The number of anilines is 1. The van der Waals surface area contributed by atoms with Gasteiger partial charge in [-0.25, -0.2) is 4.39 Å². The van der Waals surface area contributed by atoms with Crippen molar-refractivity contribution >= 4 is 11.6 Å². The average Bonchev–Trinajstić information content (AvgIpc) is 2.30. The maximum Gasteiger partial charge on any atom is 0.216 e. The maximum atomic E-state index is 13.5. The smallest absolute Gasteiger partial charge is 0.216 e. The summed E-state index contributed by atoms with van der Waals surface area (Å²) in [6.45, 7) is 1.87. The summed E-state index contributed by atoms with van der Waals surface area (Å²) in [6.07, 6.45) is 0.450. The van der Waals surface area contributed by atoms with E-state index in [9.17, 15) is 9.18 Å². The van der Waals surface area contributed by atoms with Gasteiger partial charge in [0.2, 0.25) is 5.91 Å². The van der Waals surface area contributed by atoms with Gasteiger partial charge in [0.05, 0.1) is 18.4 Å². The first-order valence-corrected chi connectivity index (χ1v) is 5.41. The van der Waals surface area contributed by atoms with Crippen molar-refractivity contribution in [3.63, 3.8) is 0 Å². The van der Waals surface area contributed by atoms with Crippen molar-refractivity contribution < 1.29 is 13.9 Å². The lowest BCUT2D eigenvalue weighted by atomic mass is 10.1. The minimum Gasteiger partial charge on any atom is -0.495 e. The van der Waals surface area contributed by atoms with Crippen molar-refractivity contribution in [1.29, 1.82) is 0 Å². The molecule has 0 heterocycles. The monoisotopic (exact) mass is 250 g/mol. The Morgan fingerprint density at radius 2 is 2.28 bits per heavy atom. The van der Waals surface area contributed by atoms with Crippen LogP contribution in [0.1, 0.15) is 18.9 Å². The van der Waals surface area contributed by atoms with Crippen LogP contribution in [0.4, 0.5) is 10.1 Å². The van der Waals surface area contributed by atoms with E-state index in [2.05, 4.69) is 17.2 Å². The number of nitrogen functional groups attached to an aromatic ring is 1. The van der Waals surface area contributed by atoms with Crippen molar-refractivity contribution in [2.75, 3.05) is 19.4 Å². The molecule has 0 aliphatic carbocycles. The standard InChI is InChI=1S/C13H15FN2O2/c1-9(17)16-6-4-3-5-10-7-13(18-2)12(15)8-11(10)14/h7-8H,4,6,15H2,1-2H3,(H,16,17). The third-order valence-electron chi connectivity index (χ3n) is 2.17. The van der Waals surface area contributed by atoms with Gasteiger partial charge in [-0.2, -0.15) is 0 Å². The summed E-state index contributed by atoms with van der Waals surface area (Å²) in [6, 6.07) is 2.63. The second-order valence-corrected chi connectivity index (χ2v) is 3.61. The Morgan fingerprint density at radius 3 is 2.89 bits per heavy atom. The number of carbonyl (C=O) groups excluding carboxylic acids is 1. The van der Waals surface area contributed by atoms with Crippen molar-refractivity contribution in [2.24, 2.45) is 0 Å². The number of benzene rings is 1. The fourth-order valence-electron chi connectivity index (χ4n) is 1.30. The molecule has 3 N–H and O–H groups in total. The first kappa shape index (κ1) is 13.8. The molecule has 5 heteroatoms. The lowest BCUT2D eigenvalue weighted by Crippen LogP contribution is -2.20. The Labute approximate surface area is 105 Å².